The van der Waals surface area contributed by atoms with E-state index in [0.717, 1.165) is 43.5 Å². The van der Waals surface area contributed by atoms with E-state index >= 15 is 0 Å². The normalized spacial score (nSPS) is 16.5. The summed E-state index contributed by atoms with van der Waals surface area (Å²) in [7, 11) is 0. The van der Waals surface area contributed by atoms with Crippen LogP contribution >= 0.6 is 15.9 Å². The minimum atomic E-state index is 0.174. The van der Waals surface area contributed by atoms with Crippen LogP contribution in [0.15, 0.2) is 59.1 Å². The molecule has 2 aromatic rings. The fourth-order valence-electron chi connectivity index (χ4n) is 3.99. The van der Waals surface area contributed by atoms with Crippen molar-refractivity contribution in [1.29, 1.82) is 0 Å². The van der Waals surface area contributed by atoms with E-state index in [-0.39, 0.29) is 12.0 Å². The molecule has 0 bridgehead atoms. The van der Waals surface area contributed by atoms with Crippen molar-refractivity contribution in [2.45, 2.75) is 32.7 Å². The summed E-state index contributed by atoms with van der Waals surface area (Å²) in [6.45, 7) is 7.66. The van der Waals surface area contributed by atoms with E-state index in [1.165, 1.54) is 11.1 Å². The number of nitrogens with zero attached hydrogens (tertiary/aromatic N) is 2. The Bertz CT molecular complexity index is 720. The van der Waals surface area contributed by atoms with Crippen LogP contribution in [0.3, 0.4) is 0 Å². The zero-order chi connectivity index (χ0) is 19.2. The lowest BCUT2D eigenvalue weighted by molar-refractivity contribution is -0.137. The van der Waals surface area contributed by atoms with Crippen molar-refractivity contribution in [3.63, 3.8) is 0 Å². The predicted octanol–water partition coefficient (Wildman–Crippen LogP) is 5.12. The monoisotopic (exact) mass is 428 g/mol. The molecule has 4 heteroatoms. The van der Waals surface area contributed by atoms with E-state index in [1.807, 2.05) is 0 Å². The molecule has 1 saturated heterocycles. The Morgan fingerprint density at radius 1 is 0.889 bits per heavy atom. The topological polar surface area (TPSA) is 23.6 Å². The van der Waals surface area contributed by atoms with Crippen molar-refractivity contribution < 1.29 is 4.79 Å². The summed E-state index contributed by atoms with van der Waals surface area (Å²) in [5.41, 5.74) is 2.60. The summed E-state index contributed by atoms with van der Waals surface area (Å²) in [4.78, 5) is 17.3. The minimum Gasteiger partial charge on any atom is -0.340 e. The number of halogens is 1. The van der Waals surface area contributed by atoms with Gasteiger partial charge in [-0.25, -0.2) is 0 Å². The summed E-state index contributed by atoms with van der Waals surface area (Å²) in [6, 6.07) is 19.5. The zero-order valence-electron chi connectivity index (χ0n) is 16.3. The molecular formula is C23H29BrN2O. The number of hydrogen-bond acceptors (Lipinski definition) is 2. The van der Waals surface area contributed by atoms with Gasteiger partial charge in [-0.3, -0.25) is 9.69 Å². The molecular weight excluding hydrogens is 400 g/mol. The Balaban J connectivity index is 1.77. The Morgan fingerprint density at radius 3 is 2.00 bits per heavy atom. The van der Waals surface area contributed by atoms with Gasteiger partial charge in [0, 0.05) is 36.6 Å². The van der Waals surface area contributed by atoms with Crippen LogP contribution in [0.2, 0.25) is 0 Å². The van der Waals surface area contributed by atoms with Gasteiger partial charge in [-0.1, -0.05) is 72.2 Å². The molecule has 0 saturated carbocycles. The highest BCUT2D eigenvalue weighted by molar-refractivity contribution is 9.10. The Morgan fingerprint density at radius 2 is 1.44 bits per heavy atom. The van der Waals surface area contributed by atoms with E-state index in [1.54, 1.807) is 0 Å². The van der Waals surface area contributed by atoms with Crippen molar-refractivity contribution in [1.82, 2.24) is 9.80 Å². The molecule has 144 valence electrons. The van der Waals surface area contributed by atoms with Gasteiger partial charge >= 0.3 is 0 Å². The first-order valence-electron chi connectivity index (χ1n) is 9.97. The summed E-state index contributed by atoms with van der Waals surface area (Å²) >= 11 is 3.54. The SMILES string of the molecule is CCC(CC)C(=O)N1CCN([C@@H](c2ccccc2)c2ccc(Br)cc2)CC1. The van der Waals surface area contributed by atoms with Gasteiger partial charge in [0.2, 0.25) is 5.91 Å². The quantitative estimate of drug-likeness (QED) is 0.637. The third-order valence-corrected chi connectivity index (χ3v) is 6.16. The number of benzene rings is 2. The Labute approximate surface area is 171 Å². The lowest BCUT2D eigenvalue weighted by Crippen LogP contribution is -2.51. The summed E-state index contributed by atoms with van der Waals surface area (Å²) in [5, 5.41) is 0. The van der Waals surface area contributed by atoms with Crippen molar-refractivity contribution in [3.8, 4) is 0 Å². The van der Waals surface area contributed by atoms with Crippen LogP contribution in [0.1, 0.15) is 43.9 Å². The van der Waals surface area contributed by atoms with Crippen molar-refractivity contribution >= 4 is 21.8 Å². The maximum atomic E-state index is 12.7. The molecule has 0 spiro atoms. The first-order chi connectivity index (χ1) is 13.1. The number of piperazine rings is 1. The van der Waals surface area contributed by atoms with E-state index in [4.69, 9.17) is 0 Å². The fourth-order valence-corrected chi connectivity index (χ4v) is 4.26. The molecule has 1 aliphatic heterocycles. The average Bonchev–Trinajstić information content (AvgIpc) is 2.72. The molecule has 27 heavy (non-hydrogen) atoms. The maximum absolute atomic E-state index is 12.7. The predicted molar refractivity (Wildman–Crippen MR) is 115 cm³/mol. The molecule has 3 nitrogen and oxygen atoms in total. The van der Waals surface area contributed by atoms with Gasteiger partial charge in [0.1, 0.15) is 0 Å². The highest BCUT2D eigenvalue weighted by Gasteiger charge is 2.29. The molecule has 1 heterocycles. The lowest BCUT2D eigenvalue weighted by Gasteiger charge is -2.40. The van der Waals surface area contributed by atoms with Gasteiger partial charge < -0.3 is 4.90 Å². The first kappa shape index (κ1) is 20.1. The lowest BCUT2D eigenvalue weighted by atomic mass is 9.96. The molecule has 0 aliphatic carbocycles. The van der Waals surface area contributed by atoms with Gasteiger partial charge in [0.15, 0.2) is 0 Å². The molecule has 1 aliphatic rings. The number of carbonyl (C=O) groups is 1. The first-order valence-corrected chi connectivity index (χ1v) is 10.8. The van der Waals surface area contributed by atoms with Crippen LogP contribution in [0, 0.1) is 5.92 Å². The zero-order valence-corrected chi connectivity index (χ0v) is 17.9. The van der Waals surface area contributed by atoms with E-state index in [9.17, 15) is 4.79 Å². The van der Waals surface area contributed by atoms with Crippen LogP contribution in [-0.4, -0.2) is 41.9 Å². The van der Waals surface area contributed by atoms with Crippen molar-refractivity contribution in [3.05, 3.63) is 70.2 Å². The number of amides is 1. The summed E-state index contributed by atoms with van der Waals surface area (Å²) < 4.78 is 1.10. The molecule has 0 unspecified atom stereocenters. The van der Waals surface area contributed by atoms with Crippen molar-refractivity contribution in [2.24, 2.45) is 5.92 Å². The van der Waals surface area contributed by atoms with E-state index < -0.39 is 0 Å². The van der Waals surface area contributed by atoms with Crippen LogP contribution in [0.4, 0.5) is 0 Å². The molecule has 1 fully saturated rings. The van der Waals surface area contributed by atoms with E-state index in [0.29, 0.717) is 5.91 Å². The molecule has 0 N–H and O–H groups in total. The van der Waals surface area contributed by atoms with Crippen LogP contribution in [-0.2, 0) is 4.79 Å². The number of rotatable bonds is 6. The number of hydrogen-bond donors (Lipinski definition) is 0. The average molecular weight is 429 g/mol. The van der Waals surface area contributed by atoms with Gasteiger partial charge in [-0.05, 0) is 36.1 Å². The van der Waals surface area contributed by atoms with Gasteiger partial charge in [0.25, 0.3) is 0 Å². The smallest absolute Gasteiger partial charge is 0.225 e. The fraction of sp³-hybridized carbons (Fsp3) is 0.435. The van der Waals surface area contributed by atoms with Crippen molar-refractivity contribution in [2.75, 3.05) is 26.2 Å². The van der Waals surface area contributed by atoms with E-state index in [2.05, 4.69) is 94.2 Å². The van der Waals surface area contributed by atoms with Crippen LogP contribution in [0.5, 0.6) is 0 Å². The molecule has 0 aromatic heterocycles. The largest absolute Gasteiger partial charge is 0.340 e. The van der Waals surface area contributed by atoms with Crippen LogP contribution in [0.25, 0.3) is 0 Å². The summed E-state index contributed by atoms with van der Waals surface area (Å²) in [5.74, 6) is 0.507. The highest BCUT2D eigenvalue weighted by atomic mass is 79.9. The second kappa shape index (κ2) is 9.52. The third-order valence-electron chi connectivity index (χ3n) is 5.63. The third kappa shape index (κ3) is 4.80. The molecule has 3 rings (SSSR count). The molecule has 1 atom stereocenters. The highest BCUT2D eigenvalue weighted by Crippen LogP contribution is 2.30. The second-order valence-electron chi connectivity index (χ2n) is 7.24. The van der Waals surface area contributed by atoms with Gasteiger partial charge in [0.05, 0.1) is 6.04 Å². The standard InChI is InChI=1S/C23H29BrN2O/c1-3-18(4-2)23(27)26-16-14-25(15-17-26)22(19-8-6-5-7-9-19)20-10-12-21(24)13-11-20/h5-13,18,22H,3-4,14-17H2,1-2H3/t22-/m0/s1. The molecule has 1 amide bonds. The maximum Gasteiger partial charge on any atom is 0.225 e. The van der Waals surface area contributed by atoms with Gasteiger partial charge in [-0.15, -0.1) is 0 Å². The second-order valence-corrected chi connectivity index (χ2v) is 8.16. The minimum absolute atomic E-state index is 0.174. The molecule has 2 aromatic carbocycles. The Kier molecular flexibility index (Phi) is 7.08. The Hall–Kier alpha value is -1.65. The summed E-state index contributed by atoms with van der Waals surface area (Å²) in [6.07, 6.45) is 1.86. The number of carbonyl (C=O) groups excluding carboxylic acids is 1. The van der Waals surface area contributed by atoms with Crippen LogP contribution < -0.4 is 0 Å². The van der Waals surface area contributed by atoms with Gasteiger partial charge in [-0.2, -0.15) is 0 Å². The molecule has 0 radical (unpaired) electrons.